The lowest BCUT2D eigenvalue weighted by atomic mass is 9.81. The third kappa shape index (κ3) is 3.87. The van der Waals surface area contributed by atoms with Crippen LogP contribution in [0.15, 0.2) is 36.4 Å². The number of rotatable bonds is 4. The van der Waals surface area contributed by atoms with Crippen molar-refractivity contribution in [1.82, 2.24) is 0 Å². The van der Waals surface area contributed by atoms with Crippen LogP contribution in [-0.4, -0.2) is 39.9 Å². The number of hydrogen-bond acceptors (Lipinski definition) is 5. The van der Waals surface area contributed by atoms with Crippen LogP contribution in [0.25, 0.3) is 0 Å². The maximum absolute atomic E-state index is 13.4. The lowest BCUT2D eigenvalue weighted by Gasteiger charge is -2.28. The normalized spacial score (nSPS) is 31.9. The fourth-order valence-corrected chi connectivity index (χ4v) is 8.61. The fraction of sp³-hybridized carbons (Fsp3) is 0.448. The lowest BCUT2D eigenvalue weighted by molar-refractivity contribution is -0.139. The molecule has 4 fully saturated rings. The van der Waals surface area contributed by atoms with E-state index in [-0.39, 0.29) is 64.0 Å². The number of alkyl halides is 2. The Labute approximate surface area is 238 Å². The molecule has 0 aromatic heterocycles. The molecule has 2 aromatic carbocycles. The summed E-state index contributed by atoms with van der Waals surface area (Å²) < 4.78 is 5.65. The summed E-state index contributed by atoms with van der Waals surface area (Å²) in [6.07, 6.45) is 0.971. The Morgan fingerprint density at radius 1 is 0.868 bits per heavy atom. The molecule has 2 saturated heterocycles. The first-order chi connectivity index (χ1) is 18.1. The molecule has 0 unspecified atom stereocenters. The summed E-state index contributed by atoms with van der Waals surface area (Å²) in [5, 5.41) is 0. The Morgan fingerprint density at radius 2 is 1.53 bits per heavy atom. The van der Waals surface area contributed by atoms with E-state index in [0.717, 1.165) is 23.2 Å². The summed E-state index contributed by atoms with van der Waals surface area (Å²) in [7, 11) is 0. The van der Waals surface area contributed by atoms with Gasteiger partial charge in [-0.3, -0.25) is 19.2 Å². The summed E-state index contributed by atoms with van der Waals surface area (Å²) in [5.74, 6) is -1.39. The summed E-state index contributed by atoms with van der Waals surface area (Å²) >= 11 is 7.44. The molecular formula is C29H28Br2N2O5. The van der Waals surface area contributed by atoms with Crippen LogP contribution in [0.1, 0.15) is 29.5 Å². The van der Waals surface area contributed by atoms with Crippen molar-refractivity contribution in [3.8, 4) is 5.75 Å². The van der Waals surface area contributed by atoms with Gasteiger partial charge in [-0.2, -0.15) is 0 Å². The predicted octanol–water partition coefficient (Wildman–Crippen LogP) is 4.85. The second-order valence-electron chi connectivity index (χ2n) is 11.1. The highest BCUT2D eigenvalue weighted by Gasteiger charge is 2.66. The van der Waals surface area contributed by atoms with Gasteiger partial charge in [0.2, 0.25) is 17.7 Å². The van der Waals surface area contributed by atoms with Crippen LogP contribution in [0.5, 0.6) is 5.75 Å². The Bertz CT molecular complexity index is 1360. The van der Waals surface area contributed by atoms with Crippen molar-refractivity contribution in [3.63, 3.8) is 0 Å². The number of fused-ring (bicyclic) bond motifs is 5. The van der Waals surface area contributed by atoms with E-state index in [2.05, 4.69) is 31.9 Å². The van der Waals surface area contributed by atoms with Gasteiger partial charge >= 0.3 is 5.97 Å². The summed E-state index contributed by atoms with van der Waals surface area (Å²) in [6, 6.07) is 10.8. The van der Waals surface area contributed by atoms with Gasteiger partial charge in [0.05, 0.1) is 23.4 Å². The zero-order valence-electron chi connectivity index (χ0n) is 21.3. The van der Waals surface area contributed by atoms with Gasteiger partial charge in [-0.25, -0.2) is 4.90 Å². The van der Waals surface area contributed by atoms with Crippen LogP contribution in [0.2, 0.25) is 0 Å². The van der Waals surface area contributed by atoms with Crippen molar-refractivity contribution >= 4 is 66.9 Å². The zero-order chi connectivity index (χ0) is 27.0. The van der Waals surface area contributed by atoms with Gasteiger partial charge in [0, 0.05) is 28.3 Å². The Kier molecular flexibility index (Phi) is 6.30. The van der Waals surface area contributed by atoms with E-state index in [0.29, 0.717) is 17.0 Å². The first-order valence-corrected chi connectivity index (χ1v) is 14.8. The van der Waals surface area contributed by atoms with E-state index in [9.17, 15) is 19.2 Å². The molecule has 2 heterocycles. The van der Waals surface area contributed by atoms with Gasteiger partial charge in [-0.05, 0) is 86.1 Å². The van der Waals surface area contributed by atoms with Crippen molar-refractivity contribution < 1.29 is 23.9 Å². The number of imide groups is 1. The maximum Gasteiger partial charge on any atom is 0.316 e. The number of anilines is 2. The van der Waals surface area contributed by atoms with Crippen LogP contribution < -0.4 is 14.5 Å². The molecule has 0 radical (unpaired) electrons. The number of aryl methyl sites for hydroxylation is 3. The molecular weight excluding hydrogens is 616 g/mol. The molecule has 2 bridgehead atoms. The van der Waals surface area contributed by atoms with Crippen molar-refractivity contribution in [2.75, 3.05) is 16.3 Å². The number of benzene rings is 2. The number of carbonyl (C=O) groups is 4. The number of halogens is 2. The van der Waals surface area contributed by atoms with Gasteiger partial charge in [0.25, 0.3) is 0 Å². The number of esters is 1. The monoisotopic (exact) mass is 642 g/mol. The van der Waals surface area contributed by atoms with E-state index in [1.54, 1.807) is 30.0 Å². The number of hydrogen-bond donors (Lipinski definition) is 0. The van der Waals surface area contributed by atoms with Crippen LogP contribution in [0.3, 0.4) is 0 Å². The van der Waals surface area contributed by atoms with E-state index in [4.69, 9.17) is 4.74 Å². The molecule has 2 aliphatic heterocycles. The van der Waals surface area contributed by atoms with Gasteiger partial charge in [0.15, 0.2) is 0 Å². The van der Waals surface area contributed by atoms with Gasteiger partial charge in [-0.1, -0.05) is 37.9 Å². The zero-order valence-corrected chi connectivity index (χ0v) is 24.5. The molecule has 2 aromatic rings. The molecule has 3 amide bonds. The number of ether oxygens (including phenoxy) is 1. The smallest absolute Gasteiger partial charge is 0.316 e. The summed E-state index contributed by atoms with van der Waals surface area (Å²) in [4.78, 5) is 55.7. The molecule has 7 atom stereocenters. The van der Waals surface area contributed by atoms with Crippen LogP contribution in [0.4, 0.5) is 11.4 Å². The Balaban J connectivity index is 1.16. The number of amides is 3. The number of nitrogens with zero attached hydrogens (tertiary/aromatic N) is 2. The molecule has 38 heavy (non-hydrogen) atoms. The van der Waals surface area contributed by atoms with Crippen LogP contribution in [0, 0.1) is 50.4 Å². The lowest BCUT2D eigenvalue weighted by Crippen LogP contribution is -2.37. The Hall–Kier alpha value is -2.52. The van der Waals surface area contributed by atoms with Gasteiger partial charge in [0.1, 0.15) is 5.75 Å². The maximum atomic E-state index is 13.4. The molecule has 0 spiro atoms. The average Bonchev–Trinajstić information content (AvgIpc) is 3.59. The van der Waals surface area contributed by atoms with E-state index in [1.807, 2.05) is 32.0 Å². The van der Waals surface area contributed by atoms with Crippen molar-refractivity contribution in [2.45, 2.75) is 43.3 Å². The Morgan fingerprint density at radius 3 is 2.13 bits per heavy atom. The first kappa shape index (κ1) is 25.7. The third-order valence-corrected chi connectivity index (χ3v) is 12.1. The fourth-order valence-electron chi connectivity index (χ4n) is 6.74. The van der Waals surface area contributed by atoms with Gasteiger partial charge in [-0.15, -0.1) is 0 Å². The topological polar surface area (TPSA) is 84.0 Å². The molecule has 7 nitrogen and oxygen atoms in total. The molecule has 2 saturated carbocycles. The van der Waals surface area contributed by atoms with Crippen LogP contribution in [-0.2, 0) is 19.2 Å². The first-order valence-electron chi connectivity index (χ1n) is 12.9. The standard InChI is InChI=1S/C29H28Br2N2O5/c1-13-4-5-17(8-14(13)2)32-12-16(10-22(32)34)29(37)38-18-6-7-21(15(3)9-18)33-27(35)23-19-11-20(24(23)28(33)36)26(31)25(19)30/h4-9,16,19-20,23-26H,10-12H2,1-3H3/t16-,19-,20-,23-,24+,25+,26+/m1/s1. The molecule has 9 heteroatoms. The largest absolute Gasteiger partial charge is 0.426 e. The van der Waals surface area contributed by atoms with Gasteiger partial charge < -0.3 is 9.64 Å². The minimum Gasteiger partial charge on any atom is -0.426 e. The predicted molar refractivity (Wildman–Crippen MR) is 150 cm³/mol. The van der Waals surface area contributed by atoms with Crippen LogP contribution >= 0.6 is 31.9 Å². The van der Waals surface area contributed by atoms with Crippen molar-refractivity contribution in [2.24, 2.45) is 29.6 Å². The SMILES string of the molecule is Cc1ccc(N2C[C@H](C(=O)Oc3ccc(N4C(=O)[C@@H]5[C@H]6C[C@@H]([C@H](Br)[C@H]6Br)[C@@H]5C4=O)c(C)c3)CC2=O)cc1C. The van der Waals surface area contributed by atoms with Crippen molar-refractivity contribution in [3.05, 3.63) is 53.1 Å². The summed E-state index contributed by atoms with van der Waals surface area (Å²) in [6.45, 7) is 6.08. The molecule has 0 N–H and O–H groups in total. The highest BCUT2D eigenvalue weighted by atomic mass is 79.9. The van der Waals surface area contributed by atoms with Crippen molar-refractivity contribution in [1.29, 1.82) is 0 Å². The molecule has 4 aliphatic rings. The van der Waals surface area contributed by atoms with E-state index in [1.165, 1.54) is 4.90 Å². The molecule has 198 valence electrons. The van der Waals surface area contributed by atoms with E-state index >= 15 is 0 Å². The summed E-state index contributed by atoms with van der Waals surface area (Å²) in [5.41, 5.74) is 4.21. The molecule has 6 rings (SSSR count). The highest BCUT2D eigenvalue weighted by Crippen LogP contribution is 2.60. The second kappa shape index (κ2) is 9.30. The quantitative estimate of drug-likeness (QED) is 0.206. The average molecular weight is 644 g/mol. The second-order valence-corrected chi connectivity index (χ2v) is 13.2. The number of carbonyl (C=O) groups excluding carboxylic acids is 4. The third-order valence-electron chi connectivity index (χ3n) is 8.88. The van der Waals surface area contributed by atoms with E-state index < -0.39 is 11.9 Å². The minimum absolute atomic E-state index is 0.0911. The minimum atomic E-state index is -0.574. The molecule has 2 aliphatic carbocycles. The highest BCUT2D eigenvalue weighted by molar-refractivity contribution is 9.12.